The number of aliphatic hydroxyl groups is 2. The van der Waals surface area contributed by atoms with Gasteiger partial charge in [-0.2, -0.15) is 4.57 Å². The van der Waals surface area contributed by atoms with E-state index in [4.69, 9.17) is 11.6 Å². The lowest BCUT2D eigenvalue weighted by molar-refractivity contribution is -0.672. The van der Waals surface area contributed by atoms with Gasteiger partial charge in [0.05, 0.1) is 11.1 Å². The number of nitrogens with zero attached hydrogens (tertiary/aromatic N) is 2. The van der Waals surface area contributed by atoms with Crippen molar-refractivity contribution in [1.82, 2.24) is 0 Å². The molecule has 0 atom stereocenters. The molecule has 47 heavy (non-hydrogen) atoms. The molecule has 3 aromatic carbocycles. The number of hydrogen-bond acceptors (Lipinski definition) is 3. The van der Waals surface area contributed by atoms with Crippen molar-refractivity contribution < 1.29 is 14.8 Å². The van der Waals surface area contributed by atoms with Crippen molar-refractivity contribution in [1.29, 1.82) is 0 Å². The van der Waals surface area contributed by atoms with Crippen molar-refractivity contribution in [3.05, 3.63) is 136 Å². The Balaban J connectivity index is 1.33. The first-order valence-corrected chi connectivity index (χ1v) is 17.3. The van der Waals surface area contributed by atoms with Crippen LogP contribution in [0.1, 0.15) is 69.9 Å². The molecule has 0 spiro atoms. The Morgan fingerprint density at radius 1 is 0.936 bits per heavy atom. The number of halogens is 1. The Kier molecular flexibility index (Phi) is 10.0. The van der Waals surface area contributed by atoms with E-state index in [1.807, 2.05) is 12.3 Å². The fraction of sp³-hybridized carbons (Fsp3) is 0.310. The van der Waals surface area contributed by atoms with Gasteiger partial charge in [0.2, 0.25) is 5.52 Å². The van der Waals surface area contributed by atoms with Crippen LogP contribution >= 0.6 is 11.6 Å². The first-order chi connectivity index (χ1) is 22.8. The number of para-hydroxylation sites is 1. The second-order valence-electron chi connectivity index (χ2n) is 13.3. The van der Waals surface area contributed by atoms with Gasteiger partial charge in [0.25, 0.3) is 0 Å². The maximum absolute atomic E-state index is 9.55. The third-order valence-electron chi connectivity index (χ3n) is 9.76. The first kappa shape index (κ1) is 32.8. The highest BCUT2D eigenvalue weighted by atomic mass is 35.5. The van der Waals surface area contributed by atoms with Crippen LogP contribution in [0.4, 0.5) is 5.69 Å². The smallest absolute Gasteiger partial charge is 0.213 e. The number of fused-ring (bicyclic) bond motifs is 4. The molecule has 0 bridgehead atoms. The molecular formula is C42H46ClN2O2+. The normalized spacial score (nSPS) is 17.9. The van der Waals surface area contributed by atoms with E-state index in [2.05, 4.69) is 115 Å². The van der Waals surface area contributed by atoms with Crippen LogP contribution in [0.25, 0.3) is 27.8 Å². The van der Waals surface area contributed by atoms with Gasteiger partial charge < -0.3 is 15.1 Å². The lowest BCUT2D eigenvalue weighted by atomic mass is 9.81. The lowest BCUT2D eigenvalue weighted by Gasteiger charge is -2.27. The fourth-order valence-electron chi connectivity index (χ4n) is 7.39. The Morgan fingerprint density at radius 3 is 2.53 bits per heavy atom. The van der Waals surface area contributed by atoms with E-state index in [0.29, 0.717) is 13.0 Å². The lowest BCUT2D eigenvalue weighted by Crippen LogP contribution is -2.36. The van der Waals surface area contributed by atoms with Crippen LogP contribution in [0.15, 0.2) is 125 Å². The first-order valence-electron chi connectivity index (χ1n) is 17.0. The van der Waals surface area contributed by atoms with Gasteiger partial charge in [0.1, 0.15) is 6.61 Å². The summed E-state index contributed by atoms with van der Waals surface area (Å²) in [5.41, 5.74) is 8.38. The van der Waals surface area contributed by atoms with E-state index in [9.17, 15) is 10.2 Å². The Labute approximate surface area is 284 Å². The van der Waals surface area contributed by atoms with E-state index in [0.717, 1.165) is 66.6 Å². The summed E-state index contributed by atoms with van der Waals surface area (Å²) in [5.74, 6) is 0.270. The van der Waals surface area contributed by atoms with Gasteiger partial charge in [-0.05, 0) is 83.4 Å². The summed E-state index contributed by atoms with van der Waals surface area (Å²) < 4.78 is 2.09. The molecule has 2 N–H and O–H groups in total. The summed E-state index contributed by atoms with van der Waals surface area (Å²) in [5, 5.41) is 23.7. The standard InChI is InChI=1S/C42H45ClN2O2/c1-30(47)12-5-4-10-26-45-38-23-21-31-13-6-7-17-36(31)40(38)42(2,3)39(45)24-22-34-15-11-14-33(41(34)43)20-19-32-25-27-44(28-29-46)37-18-9-8-16-35(32)37/h6-9,13,16-25,27,46H,1,4-5,10-12,14-15,26,28-29H2,2-3H3/p+1. The zero-order valence-corrected chi connectivity index (χ0v) is 28.4. The van der Waals surface area contributed by atoms with Crippen molar-refractivity contribution in [2.75, 3.05) is 18.1 Å². The molecule has 1 aliphatic heterocycles. The van der Waals surface area contributed by atoms with Crippen molar-refractivity contribution in [3.8, 4) is 0 Å². The number of pyridine rings is 1. The molecule has 2 heterocycles. The summed E-state index contributed by atoms with van der Waals surface area (Å²) in [6, 6.07) is 23.7. The Hall–Kier alpha value is -4.12. The molecule has 0 saturated heterocycles. The monoisotopic (exact) mass is 645 g/mol. The molecule has 0 saturated carbocycles. The van der Waals surface area contributed by atoms with Crippen molar-refractivity contribution in [3.63, 3.8) is 0 Å². The van der Waals surface area contributed by atoms with Gasteiger partial charge >= 0.3 is 0 Å². The van der Waals surface area contributed by atoms with Crippen LogP contribution in [-0.2, 0) is 12.0 Å². The summed E-state index contributed by atoms with van der Waals surface area (Å²) in [7, 11) is 0. The van der Waals surface area contributed by atoms with Gasteiger partial charge in [-0.3, -0.25) is 0 Å². The van der Waals surface area contributed by atoms with Gasteiger partial charge in [0, 0.05) is 46.9 Å². The van der Waals surface area contributed by atoms with E-state index in [1.165, 1.54) is 38.9 Å². The Morgan fingerprint density at radius 2 is 1.72 bits per heavy atom. The second-order valence-corrected chi connectivity index (χ2v) is 13.7. The maximum atomic E-state index is 9.55. The number of unbranched alkanes of at least 4 members (excludes halogenated alkanes) is 2. The summed E-state index contributed by atoms with van der Waals surface area (Å²) in [6.07, 6.45) is 17.6. The van der Waals surface area contributed by atoms with E-state index >= 15 is 0 Å². The molecule has 242 valence electrons. The SMILES string of the molecule is C=C(O)CCCCCN1C(=CC=C2CCCC(C=Cc3cc[n+](CCO)c4ccccc34)=C2Cl)C(C)(C)c2c1ccc1ccccc21. The largest absolute Gasteiger partial charge is 0.513 e. The molecule has 0 amide bonds. The quantitative estimate of drug-likeness (QED) is 0.0969. The number of aliphatic hydroxyl groups excluding tert-OH is 2. The molecule has 6 rings (SSSR count). The third-order valence-corrected chi connectivity index (χ3v) is 10.2. The van der Waals surface area contributed by atoms with Crippen LogP contribution in [0.5, 0.6) is 0 Å². The zero-order valence-electron chi connectivity index (χ0n) is 27.7. The average Bonchev–Trinajstić information content (AvgIpc) is 3.29. The number of hydrogen-bond donors (Lipinski definition) is 2. The number of rotatable bonds is 11. The minimum Gasteiger partial charge on any atom is -0.513 e. The third kappa shape index (κ3) is 6.81. The van der Waals surface area contributed by atoms with E-state index in [1.54, 1.807) is 0 Å². The van der Waals surface area contributed by atoms with Crippen LogP contribution in [0.2, 0.25) is 0 Å². The molecule has 1 aromatic heterocycles. The molecule has 0 radical (unpaired) electrons. The number of benzene rings is 3. The van der Waals surface area contributed by atoms with Gasteiger partial charge in [-0.25, -0.2) is 0 Å². The van der Waals surface area contributed by atoms with Crippen LogP contribution in [-0.4, -0.2) is 23.4 Å². The van der Waals surface area contributed by atoms with Gasteiger partial charge in [-0.15, -0.1) is 0 Å². The van der Waals surface area contributed by atoms with Crippen molar-refractivity contribution in [2.24, 2.45) is 0 Å². The van der Waals surface area contributed by atoms with Crippen molar-refractivity contribution >= 4 is 45.0 Å². The molecule has 5 heteroatoms. The van der Waals surface area contributed by atoms with E-state index < -0.39 is 0 Å². The molecular weight excluding hydrogens is 600 g/mol. The highest BCUT2D eigenvalue weighted by Crippen LogP contribution is 2.51. The van der Waals surface area contributed by atoms with Gasteiger partial charge in [0.15, 0.2) is 12.7 Å². The number of aromatic nitrogens is 1. The highest BCUT2D eigenvalue weighted by molar-refractivity contribution is 6.32. The number of anilines is 1. The molecule has 4 aromatic rings. The minimum atomic E-state index is -0.179. The molecule has 0 unspecified atom stereocenters. The topological polar surface area (TPSA) is 47.6 Å². The summed E-state index contributed by atoms with van der Waals surface area (Å²) >= 11 is 7.16. The van der Waals surface area contributed by atoms with Crippen molar-refractivity contribution in [2.45, 2.75) is 70.8 Å². The fourth-order valence-corrected chi connectivity index (χ4v) is 7.70. The second kappa shape index (κ2) is 14.3. The predicted molar refractivity (Wildman–Crippen MR) is 198 cm³/mol. The summed E-state index contributed by atoms with van der Waals surface area (Å²) in [6.45, 7) is 9.94. The summed E-state index contributed by atoms with van der Waals surface area (Å²) in [4.78, 5) is 2.51. The van der Waals surface area contributed by atoms with Gasteiger partial charge in [-0.1, -0.05) is 99.1 Å². The predicted octanol–water partition coefficient (Wildman–Crippen LogP) is 10.2. The molecule has 0 fully saturated rings. The molecule has 2 aliphatic rings. The van der Waals surface area contributed by atoms with Crippen LogP contribution < -0.4 is 9.47 Å². The zero-order chi connectivity index (χ0) is 33.0. The minimum absolute atomic E-state index is 0.107. The van der Waals surface area contributed by atoms with Crippen LogP contribution in [0, 0.1) is 0 Å². The number of allylic oxidation sites excluding steroid dienone is 8. The van der Waals surface area contributed by atoms with E-state index in [-0.39, 0.29) is 17.8 Å². The maximum Gasteiger partial charge on any atom is 0.213 e. The molecule has 1 aliphatic carbocycles. The Bertz CT molecular complexity index is 1930. The van der Waals surface area contributed by atoms with Crippen LogP contribution in [0.3, 0.4) is 0 Å². The average molecular weight is 646 g/mol. The molecule has 4 nitrogen and oxygen atoms in total. The highest BCUT2D eigenvalue weighted by Gasteiger charge is 2.40.